The molecule has 0 saturated heterocycles. The summed E-state index contributed by atoms with van der Waals surface area (Å²) >= 11 is 5.73. The highest BCUT2D eigenvalue weighted by atomic mass is 35.5. The first-order valence-electron chi connectivity index (χ1n) is 5.77. The lowest BCUT2D eigenvalue weighted by Crippen LogP contribution is -2.16. The van der Waals surface area contributed by atoms with E-state index in [1.54, 1.807) is 0 Å². The van der Waals surface area contributed by atoms with E-state index in [-0.39, 0.29) is 9.79 Å². The van der Waals surface area contributed by atoms with Gasteiger partial charge in [0.1, 0.15) is 4.90 Å². The summed E-state index contributed by atoms with van der Waals surface area (Å²) in [6, 6.07) is 11.5. The van der Waals surface area contributed by atoms with Gasteiger partial charge in [0.05, 0.1) is 4.90 Å². The van der Waals surface area contributed by atoms with Crippen molar-refractivity contribution in [1.82, 2.24) is 0 Å². The maximum atomic E-state index is 12.3. The van der Waals surface area contributed by atoms with Gasteiger partial charge in [-0.05, 0) is 36.4 Å². The van der Waals surface area contributed by atoms with Crippen LogP contribution in [0.1, 0.15) is 0 Å². The third kappa shape index (κ3) is 3.75. The van der Waals surface area contributed by atoms with Crippen LogP contribution in [-0.2, 0) is 19.9 Å². The molecule has 0 bridgehead atoms. The fourth-order valence-electron chi connectivity index (χ4n) is 1.71. The largest absolute Gasteiger partial charge is 0.280 e. The SMILES string of the molecule is CS(=O)(=O)c1ccccc1S(=O)(=O)Nc1ccc(Cl)cc1. The Morgan fingerprint density at radius 2 is 1.38 bits per heavy atom. The maximum Gasteiger partial charge on any atom is 0.263 e. The van der Waals surface area contributed by atoms with E-state index in [9.17, 15) is 16.8 Å². The molecule has 0 aliphatic rings. The quantitative estimate of drug-likeness (QED) is 0.923. The molecule has 0 fully saturated rings. The molecule has 21 heavy (non-hydrogen) atoms. The minimum atomic E-state index is -4.01. The summed E-state index contributed by atoms with van der Waals surface area (Å²) in [5.41, 5.74) is 0.294. The smallest absolute Gasteiger partial charge is 0.263 e. The van der Waals surface area contributed by atoms with E-state index in [4.69, 9.17) is 11.6 Å². The number of rotatable bonds is 4. The van der Waals surface area contributed by atoms with Crippen molar-refractivity contribution in [1.29, 1.82) is 0 Å². The molecule has 1 N–H and O–H groups in total. The first-order valence-corrected chi connectivity index (χ1v) is 9.53. The molecular weight excluding hydrogens is 334 g/mol. The minimum absolute atomic E-state index is 0.244. The van der Waals surface area contributed by atoms with Crippen molar-refractivity contribution in [3.63, 3.8) is 0 Å². The molecule has 2 aromatic carbocycles. The Hall–Kier alpha value is -1.57. The van der Waals surface area contributed by atoms with Crippen molar-refractivity contribution < 1.29 is 16.8 Å². The fraction of sp³-hybridized carbons (Fsp3) is 0.0769. The van der Waals surface area contributed by atoms with Gasteiger partial charge in [-0.1, -0.05) is 23.7 Å². The summed E-state index contributed by atoms with van der Waals surface area (Å²) in [5.74, 6) is 0. The molecule has 0 aromatic heterocycles. The fourth-order valence-corrected chi connectivity index (χ4v) is 4.52. The van der Waals surface area contributed by atoms with E-state index >= 15 is 0 Å². The summed E-state index contributed by atoms with van der Waals surface area (Å²) in [5, 5.41) is 0.467. The second-order valence-corrected chi connectivity index (χ2v) is 8.40. The molecule has 2 aromatic rings. The zero-order chi connectivity index (χ0) is 15.7. The van der Waals surface area contributed by atoms with Crippen LogP contribution in [0.25, 0.3) is 0 Å². The molecule has 0 saturated carbocycles. The van der Waals surface area contributed by atoms with Crippen LogP contribution in [0.2, 0.25) is 5.02 Å². The predicted octanol–water partition coefficient (Wildman–Crippen LogP) is 2.54. The van der Waals surface area contributed by atoms with Gasteiger partial charge < -0.3 is 0 Å². The van der Waals surface area contributed by atoms with E-state index in [2.05, 4.69) is 4.72 Å². The lowest BCUT2D eigenvalue weighted by Gasteiger charge is -2.11. The molecule has 112 valence electrons. The molecule has 0 atom stereocenters. The predicted molar refractivity (Wildman–Crippen MR) is 81.8 cm³/mol. The van der Waals surface area contributed by atoms with Gasteiger partial charge in [0.25, 0.3) is 10.0 Å². The Morgan fingerprint density at radius 3 is 1.90 bits per heavy atom. The monoisotopic (exact) mass is 345 g/mol. The number of hydrogen-bond donors (Lipinski definition) is 1. The second kappa shape index (κ2) is 5.67. The van der Waals surface area contributed by atoms with Crippen LogP contribution in [0.15, 0.2) is 58.3 Å². The van der Waals surface area contributed by atoms with Crippen LogP contribution in [0.3, 0.4) is 0 Å². The molecule has 0 radical (unpaired) electrons. The average molecular weight is 346 g/mol. The van der Waals surface area contributed by atoms with Crippen molar-refractivity contribution >= 4 is 37.1 Å². The van der Waals surface area contributed by atoms with Crippen LogP contribution in [-0.4, -0.2) is 23.1 Å². The molecule has 0 heterocycles. The number of hydrogen-bond acceptors (Lipinski definition) is 4. The van der Waals surface area contributed by atoms with E-state index in [0.29, 0.717) is 10.7 Å². The molecule has 0 aliphatic carbocycles. The lowest BCUT2D eigenvalue weighted by atomic mass is 10.3. The Bertz CT molecular complexity index is 859. The van der Waals surface area contributed by atoms with Crippen molar-refractivity contribution in [2.45, 2.75) is 9.79 Å². The van der Waals surface area contributed by atoms with Gasteiger partial charge in [-0.2, -0.15) is 0 Å². The normalized spacial score (nSPS) is 12.1. The van der Waals surface area contributed by atoms with E-state index in [1.165, 1.54) is 48.5 Å². The standard InChI is InChI=1S/C13H12ClNO4S2/c1-20(16,17)12-4-2-3-5-13(12)21(18,19)15-11-8-6-10(14)7-9-11/h2-9,15H,1H3. The first-order chi connectivity index (χ1) is 9.70. The van der Waals surface area contributed by atoms with Gasteiger partial charge in [0.15, 0.2) is 9.84 Å². The molecule has 2 rings (SSSR count). The molecule has 0 unspecified atom stereocenters. The number of nitrogens with one attached hydrogen (secondary N) is 1. The minimum Gasteiger partial charge on any atom is -0.280 e. The Morgan fingerprint density at radius 1 is 0.857 bits per heavy atom. The van der Waals surface area contributed by atoms with Gasteiger partial charge in [0, 0.05) is 17.0 Å². The summed E-state index contributed by atoms with van der Waals surface area (Å²) in [7, 11) is -7.67. The zero-order valence-electron chi connectivity index (χ0n) is 10.9. The van der Waals surface area contributed by atoms with Gasteiger partial charge in [-0.25, -0.2) is 16.8 Å². The number of halogens is 1. The van der Waals surface area contributed by atoms with Crippen LogP contribution in [0.4, 0.5) is 5.69 Å². The number of sulfonamides is 1. The van der Waals surface area contributed by atoms with Gasteiger partial charge in [-0.3, -0.25) is 4.72 Å². The molecule has 0 aliphatic heterocycles. The van der Waals surface area contributed by atoms with Crippen molar-refractivity contribution in [3.8, 4) is 0 Å². The Kier molecular flexibility index (Phi) is 4.27. The molecular formula is C13H12ClNO4S2. The molecule has 0 spiro atoms. The van der Waals surface area contributed by atoms with Crippen LogP contribution in [0, 0.1) is 0 Å². The van der Waals surface area contributed by atoms with Crippen LogP contribution >= 0.6 is 11.6 Å². The maximum absolute atomic E-state index is 12.3. The molecule has 8 heteroatoms. The van der Waals surface area contributed by atoms with Gasteiger partial charge in [0.2, 0.25) is 0 Å². The Labute approximate surface area is 128 Å². The summed E-state index contributed by atoms with van der Waals surface area (Å²) in [4.78, 5) is -0.533. The summed E-state index contributed by atoms with van der Waals surface area (Å²) < 4.78 is 50.4. The van der Waals surface area contributed by atoms with Gasteiger partial charge >= 0.3 is 0 Å². The van der Waals surface area contributed by atoms with Crippen molar-refractivity contribution in [3.05, 3.63) is 53.6 Å². The first kappa shape index (κ1) is 15.8. The second-order valence-electron chi connectivity index (χ2n) is 4.33. The molecule has 0 amide bonds. The average Bonchev–Trinajstić information content (AvgIpc) is 2.40. The van der Waals surface area contributed by atoms with E-state index in [0.717, 1.165) is 6.26 Å². The van der Waals surface area contributed by atoms with Gasteiger partial charge in [-0.15, -0.1) is 0 Å². The highest BCUT2D eigenvalue weighted by Gasteiger charge is 2.23. The Balaban J connectivity index is 2.48. The summed E-state index contributed by atoms with van der Waals surface area (Å²) in [6.45, 7) is 0. The number of sulfone groups is 1. The highest BCUT2D eigenvalue weighted by Crippen LogP contribution is 2.23. The summed E-state index contributed by atoms with van der Waals surface area (Å²) in [6.07, 6.45) is 0.962. The zero-order valence-corrected chi connectivity index (χ0v) is 13.3. The lowest BCUT2D eigenvalue weighted by molar-refractivity contribution is 0.588. The number of benzene rings is 2. The molecule has 5 nitrogen and oxygen atoms in total. The third-order valence-electron chi connectivity index (χ3n) is 2.63. The van der Waals surface area contributed by atoms with E-state index < -0.39 is 19.9 Å². The third-order valence-corrected chi connectivity index (χ3v) is 5.61. The van der Waals surface area contributed by atoms with E-state index in [1.807, 2.05) is 0 Å². The topological polar surface area (TPSA) is 80.3 Å². The number of anilines is 1. The van der Waals surface area contributed by atoms with Crippen LogP contribution < -0.4 is 4.72 Å². The van der Waals surface area contributed by atoms with Crippen molar-refractivity contribution in [2.75, 3.05) is 11.0 Å². The highest BCUT2D eigenvalue weighted by molar-refractivity contribution is 7.95. The van der Waals surface area contributed by atoms with Crippen molar-refractivity contribution in [2.24, 2.45) is 0 Å². The van der Waals surface area contributed by atoms with Crippen LogP contribution in [0.5, 0.6) is 0 Å².